The van der Waals surface area contributed by atoms with Crippen LogP contribution in [0.3, 0.4) is 0 Å². The maximum Gasteiger partial charge on any atom is 0.239 e. The van der Waals surface area contributed by atoms with Crippen LogP contribution in [0.5, 0.6) is 0 Å². The molecule has 0 aliphatic heterocycles. The van der Waals surface area contributed by atoms with E-state index in [2.05, 4.69) is 56.4 Å². The Kier molecular flexibility index (Phi) is 5.88. The maximum atomic E-state index is 12.7. The first-order valence-electron chi connectivity index (χ1n) is 9.75. The predicted octanol–water partition coefficient (Wildman–Crippen LogP) is 5.59. The van der Waals surface area contributed by atoms with Crippen LogP contribution in [0.1, 0.15) is 34.6 Å². The van der Waals surface area contributed by atoms with Crippen LogP contribution < -0.4 is 16.2 Å². The monoisotopic (exact) mass is 479 g/mol. The van der Waals surface area contributed by atoms with Crippen molar-refractivity contribution < 1.29 is 4.79 Å². The van der Waals surface area contributed by atoms with E-state index >= 15 is 0 Å². The number of fused-ring (bicyclic) bond motifs is 3. The van der Waals surface area contributed by atoms with Gasteiger partial charge in [0, 0.05) is 22.5 Å². The molecule has 30 heavy (non-hydrogen) atoms. The van der Waals surface area contributed by atoms with E-state index in [1.54, 1.807) is 0 Å². The Labute approximate surface area is 190 Å². The quantitative estimate of drug-likeness (QED) is 0.338. The first-order valence-corrected chi connectivity index (χ1v) is 10.9. The lowest BCUT2D eigenvalue weighted by Gasteiger charge is -2.17. The molecule has 0 aromatic heterocycles. The smallest absolute Gasteiger partial charge is 0.239 e. The highest BCUT2D eigenvalue weighted by Gasteiger charge is 2.29. The molecule has 152 valence electrons. The third-order valence-electron chi connectivity index (χ3n) is 5.40. The van der Waals surface area contributed by atoms with E-state index in [-0.39, 0.29) is 11.8 Å². The second-order valence-corrected chi connectivity index (χ2v) is 8.80. The van der Waals surface area contributed by atoms with Gasteiger partial charge < -0.3 is 5.32 Å². The molecule has 0 bridgehead atoms. The Morgan fingerprint density at radius 2 is 1.47 bits per heavy atom. The molecule has 1 aliphatic carbocycles. The summed E-state index contributed by atoms with van der Waals surface area (Å²) in [6.07, 6.45) is 0.347. The van der Waals surface area contributed by atoms with Crippen LogP contribution in [0.25, 0.3) is 11.1 Å². The highest BCUT2D eigenvalue weighted by Crippen LogP contribution is 2.45. The Morgan fingerprint density at radius 1 is 0.933 bits per heavy atom. The molecule has 4 rings (SSSR count). The van der Waals surface area contributed by atoms with Crippen molar-refractivity contribution in [1.82, 2.24) is 10.9 Å². The average molecular weight is 480 g/mol. The van der Waals surface area contributed by atoms with Gasteiger partial charge >= 0.3 is 0 Å². The number of nitrogens with one attached hydrogen (secondary N) is 3. The summed E-state index contributed by atoms with van der Waals surface area (Å²) in [4.78, 5) is 12.7. The minimum Gasteiger partial charge on any atom is -0.331 e. The van der Waals surface area contributed by atoms with Gasteiger partial charge in [-0.05, 0) is 71.6 Å². The molecule has 3 aromatic carbocycles. The van der Waals surface area contributed by atoms with Crippen molar-refractivity contribution in [3.63, 3.8) is 0 Å². The van der Waals surface area contributed by atoms with Crippen LogP contribution in [0.15, 0.2) is 65.1 Å². The van der Waals surface area contributed by atoms with Crippen LogP contribution in [-0.4, -0.2) is 11.0 Å². The van der Waals surface area contributed by atoms with Crippen molar-refractivity contribution in [1.29, 1.82) is 0 Å². The molecule has 0 saturated carbocycles. The molecule has 4 nitrogen and oxygen atoms in total. The van der Waals surface area contributed by atoms with Gasteiger partial charge in [0.1, 0.15) is 0 Å². The zero-order chi connectivity index (χ0) is 21.3. The van der Waals surface area contributed by atoms with E-state index in [0.29, 0.717) is 11.5 Å². The number of amides is 1. The number of carbonyl (C=O) groups is 1. The number of hydrogen-bond donors (Lipinski definition) is 3. The van der Waals surface area contributed by atoms with Gasteiger partial charge in [0.05, 0.1) is 0 Å². The minimum atomic E-state index is -0.111. The Bertz CT molecular complexity index is 1080. The first kappa shape index (κ1) is 20.6. The molecule has 0 spiro atoms. The summed E-state index contributed by atoms with van der Waals surface area (Å²) >= 11 is 8.86. The Morgan fingerprint density at radius 3 is 2.03 bits per heavy atom. The van der Waals surface area contributed by atoms with E-state index in [1.165, 1.54) is 22.3 Å². The van der Waals surface area contributed by atoms with Gasteiger partial charge in [0.25, 0.3) is 0 Å². The lowest BCUT2D eigenvalue weighted by atomic mass is 9.93. The molecular weight excluding hydrogens is 458 g/mol. The van der Waals surface area contributed by atoms with E-state index in [9.17, 15) is 4.79 Å². The van der Waals surface area contributed by atoms with E-state index in [0.717, 1.165) is 21.3 Å². The van der Waals surface area contributed by atoms with Crippen LogP contribution in [-0.2, 0) is 4.79 Å². The summed E-state index contributed by atoms with van der Waals surface area (Å²) in [5.74, 6) is -0.0726. The van der Waals surface area contributed by atoms with E-state index in [4.69, 9.17) is 12.2 Å². The summed E-state index contributed by atoms with van der Waals surface area (Å²) in [6, 6.07) is 20.6. The number of carbonyl (C=O) groups excluding carboxylic acids is 1. The Hall–Kier alpha value is -2.70. The molecule has 3 N–H and O–H groups in total. The standard InChI is InChI=1S/C24H22BrN3OS/c1-14-11-16(25)12-15(2)23(14)26-24(30)28-27-22(29)13-21-19-9-5-3-7-17(19)18-8-4-6-10-20(18)21/h3-12,21H,13H2,1-2H3,(H,27,29)(H2,26,28,30). The highest BCUT2D eigenvalue weighted by atomic mass is 79.9. The number of anilines is 1. The molecule has 0 fully saturated rings. The van der Waals surface area contributed by atoms with Gasteiger partial charge in [0.15, 0.2) is 5.11 Å². The first-order chi connectivity index (χ1) is 14.4. The van der Waals surface area contributed by atoms with Crippen molar-refractivity contribution >= 4 is 44.9 Å². The second-order valence-electron chi connectivity index (χ2n) is 7.47. The van der Waals surface area contributed by atoms with Crippen LogP contribution in [0, 0.1) is 13.8 Å². The zero-order valence-corrected chi connectivity index (χ0v) is 19.2. The SMILES string of the molecule is Cc1cc(Br)cc(C)c1NC(=S)NNC(=O)CC1c2ccccc2-c2ccccc21. The second kappa shape index (κ2) is 8.58. The third kappa shape index (κ3) is 4.11. The lowest BCUT2D eigenvalue weighted by Crippen LogP contribution is -2.44. The topological polar surface area (TPSA) is 53.2 Å². The van der Waals surface area contributed by atoms with Gasteiger partial charge in [-0.15, -0.1) is 0 Å². The van der Waals surface area contributed by atoms with Crippen molar-refractivity contribution in [3.8, 4) is 11.1 Å². The van der Waals surface area contributed by atoms with Crippen molar-refractivity contribution in [2.75, 3.05) is 5.32 Å². The predicted molar refractivity (Wildman–Crippen MR) is 129 cm³/mol. The normalized spacial score (nSPS) is 12.1. The molecule has 0 unspecified atom stereocenters. The average Bonchev–Trinajstić information content (AvgIpc) is 3.03. The zero-order valence-electron chi connectivity index (χ0n) is 16.8. The maximum absolute atomic E-state index is 12.7. The molecular formula is C24H22BrN3OS. The van der Waals surface area contributed by atoms with Gasteiger partial charge in [-0.1, -0.05) is 64.5 Å². The summed E-state index contributed by atoms with van der Waals surface area (Å²) in [7, 11) is 0. The van der Waals surface area contributed by atoms with Crippen molar-refractivity contribution in [2.24, 2.45) is 0 Å². The van der Waals surface area contributed by atoms with Crippen LogP contribution >= 0.6 is 28.1 Å². The molecule has 0 saturated heterocycles. The molecule has 1 aliphatic rings. The van der Waals surface area contributed by atoms with Gasteiger partial charge in [-0.25, -0.2) is 0 Å². The fourth-order valence-corrected chi connectivity index (χ4v) is 4.94. The van der Waals surface area contributed by atoms with Gasteiger partial charge in [-0.3, -0.25) is 15.6 Å². The summed E-state index contributed by atoms with van der Waals surface area (Å²) in [6.45, 7) is 4.02. The molecule has 6 heteroatoms. The third-order valence-corrected chi connectivity index (χ3v) is 6.07. The molecule has 0 radical (unpaired) electrons. The van der Waals surface area contributed by atoms with E-state index in [1.807, 2.05) is 50.2 Å². The Balaban J connectivity index is 1.41. The van der Waals surface area contributed by atoms with Crippen LogP contribution in [0.4, 0.5) is 5.69 Å². The molecule has 1 amide bonds. The number of benzene rings is 3. The number of hydrogen-bond acceptors (Lipinski definition) is 2. The summed E-state index contributed by atoms with van der Waals surface area (Å²) in [5.41, 5.74) is 13.4. The summed E-state index contributed by atoms with van der Waals surface area (Å²) < 4.78 is 1.02. The molecule has 0 atom stereocenters. The lowest BCUT2D eigenvalue weighted by molar-refractivity contribution is -0.121. The van der Waals surface area contributed by atoms with Crippen molar-refractivity contribution in [2.45, 2.75) is 26.2 Å². The van der Waals surface area contributed by atoms with Gasteiger partial charge in [0.2, 0.25) is 5.91 Å². The number of hydrazine groups is 1. The number of aryl methyl sites for hydroxylation is 2. The fraction of sp³-hybridized carbons (Fsp3) is 0.167. The molecule has 0 heterocycles. The number of rotatable bonds is 3. The highest BCUT2D eigenvalue weighted by molar-refractivity contribution is 9.10. The number of halogens is 1. The van der Waals surface area contributed by atoms with Crippen LogP contribution in [0.2, 0.25) is 0 Å². The van der Waals surface area contributed by atoms with Gasteiger partial charge in [-0.2, -0.15) is 0 Å². The number of thiocarbonyl (C=S) groups is 1. The minimum absolute atomic E-state index is 0.0386. The van der Waals surface area contributed by atoms with Crippen molar-refractivity contribution in [3.05, 3.63) is 87.4 Å². The fourth-order valence-electron chi connectivity index (χ4n) is 4.10. The largest absolute Gasteiger partial charge is 0.331 e. The van der Waals surface area contributed by atoms with E-state index < -0.39 is 0 Å². The summed E-state index contributed by atoms with van der Waals surface area (Å²) in [5, 5.41) is 3.52. The molecule has 3 aromatic rings.